The molecular formula is C58H34N2O. The van der Waals surface area contributed by atoms with Crippen LogP contribution in [0.2, 0.25) is 0 Å². The van der Waals surface area contributed by atoms with Crippen molar-refractivity contribution in [1.82, 2.24) is 9.13 Å². The van der Waals surface area contributed by atoms with Gasteiger partial charge in [0, 0.05) is 49.3 Å². The van der Waals surface area contributed by atoms with Gasteiger partial charge in [0.2, 0.25) is 0 Å². The Morgan fingerprint density at radius 3 is 1.56 bits per heavy atom. The summed E-state index contributed by atoms with van der Waals surface area (Å²) in [5, 5.41) is 9.92. The lowest BCUT2D eigenvalue weighted by Gasteiger charge is -2.12. The van der Waals surface area contributed by atoms with Gasteiger partial charge in [-0.3, -0.25) is 0 Å². The first-order chi connectivity index (χ1) is 30.3. The van der Waals surface area contributed by atoms with Gasteiger partial charge in [-0.15, -0.1) is 0 Å². The Labute approximate surface area is 350 Å². The van der Waals surface area contributed by atoms with Crippen LogP contribution in [-0.4, -0.2) is 9.13 Å². The Morgan fingerprint density at radius 1 is 0.279 bits per heavy atom. The molecule has 3 heteroatoms. The van der Waals surface area contributed by atoms with Gasteiger partial charge in [-0.1, -0.05) is 146 Å². The van der Waals surface area contributed by atoms with Crippen molar-refractivity contribution in [2.45, 2.75) is 0 Å². The highest BCUT2D eigenvalue weighted by atomic mass is 16.3. The summed E-state index contributed by atoms with van der Waals surface area (Å²) in [5.74, 6) is 0. The number of hydrogen-bond acceptors (Lipinski definition) is 1. The third-order valence-electron chi connectivity index (χ3n) is 13.3. The minimum atomic E-state index is 0.920. The number of fused-ring (bicyclic) bond motifs is 12. The normalized spacial score (nSPS) is 12.3. The third-order valence-corrected chi connectivity index (χ3v) is 13.3. The van der Waals surface area contributed by atoms with Crippen molar-refractivity contribution in [1.29, 1.82) is 0 Å². The second-order valence-electron chi connectivity index (χ2n) is 16.4. The van der Waals surface area contributed by atoms with Crippen LogP contribution in [0.15, 0.2) is 211 Å². The molecule has 13 aromatic rings. The van der Waals surface area contributed by atoms with E-state index in [1.54, 1.807) is 0 Å². The Kier molecular flexibility index (Phi) is 6.56. The zero-order valence-electron chi connectivity index (χ0n) is 32.9. The zero-order chi connectivity index (χ0) is 39.8. The standard InChI is InChI=1S/C58H34N2O/c1-5-19-52-42(11-1)43-12-2-6-20-53(43)60(52)38-28-32-55-51(34-38)44-13-3-7-21-54(44)59(55)37-26-23-35(24-27-37)39-30-31-48-41-29-25-36(33-50(41)47-17-10-16-46(39)57(47)48)40-15-9-18-49-45-14-4-8-22-56(45)61-58(40)49/h1-34H. The fourth-order valence-electron chi connectivity index (χ4n) is 10.6. The van der Waals surface area contributed by atoms with E-state index in [0.717, 1.165) is 44.4 Å². The van der Waals surface area contributed by atoms with Gasteiger partial charge < -0.3 is 13.6 Å². The fraction of sp³-hybridized carbons (Fsp3) is 0. The Bertz CT molecular complexity index is 3940. The van der Waals surface area contributed by atoms with Gasteiger partial charge in [0.25, 0.3) is 0 Å². The molecule has 0 spiro atoms. The van der Waals surface area contributed by atoms with Gasteiger partial charge in [-0.2, -0.15) is 0 Å². The molecule has 0 bridgehead atoms. The second-order valence-corrected chi connectivity index (χ2v) is 16.4. The van der Waals surface area contributed by atoms with Crippen LogP contribution in [0.25, 0.3) is 132 Å². The molecule has 0 aliphatic heterocycles. The number of benzene rings is 10. The van der Waals surface area contributed by atoms with Gasteiger partial charge in [0.05, 0.1) is 22.1 Å². The first-order valence-corrected chi connectivity index (χ1v) is 21.0. The largest absolute Gasteiger partial charge is 0.455 e. The molecule has 0 unspecified atom stereocenters. The molecule has 0 radical (unpaired) electrons. The van der Waals surface area contributed by atoms with Crippen molar-refractivity contribution in [3.8, 4) is 55.9 Å². The van der Waals surface area contributed by atoms with Crippen LogP contribution in [-0.2, 0) is 0 Å². The Hall–Kier alpha value is -8.14. The van der Waals surface area contributed by atoms with Gasteiger partial charge in [0.1, 0.15) is 11.2 Å². The van der Waals surface area contributed by atoms with Gasteiger partial charge in [-0.25, -0.2) is 0 Å². The van der Waals surface area contributed by atoms with E-state index in [0.29, 0.717) is 0 Å². The average molecular weight is 775 g/mol. The molecule has 0 atom stereocenters. The summed E-state index contributed by atoms with van der Waals surface area (Å²) in [6.07, 6.45) is 0. The van der Waals surface area contributed by atoms with E-state index in [1.165, 1.54) is 87.8 Å². The molecule has 14 rings (SSSR count). The summed E-state index contributed by atoms with van der Waals surface area (Å²) in [6, 6.07) is 75.5. The Balaban J connectivity index is 0.865. The molecule has 10 aromatic carbocycles. The van der Waals surface area contributed by atoms with Crippen LogP contribution in [0.1, 0.15) is 0 Å². The monoisotopic (exact) mass is 774 g/mol. The van der Waals surface area contributed by atoms with Crippen LogP contribution < -0.4 is 0 Å². The fourth-order valence-corrected chi connectivity index (χ4v) is 10.6. The molecule has 0 saturated carbocycles. The predicted octanol–water partition coefficient (Wildman–Crippen LogP) is 15.9. The average Bonchev–Trinajstić information content (AvgIpc) is 4.06. The number of para-hydroxylation sites is 5. The SMILES string of the molecule is c1ccc2c(c1)oc1c(-c3ccc4c(c3)-c3cccc5c(-c6ccc(-n7c8ccccc8c8cc(-n9c%10ccccc%10c%10ccccc%109)ccc87)cc6)ccc-4c35)cccc12. The minimum absolute atomic E-state index is 0.920. The van der Waals surface area contributed by atoms with E-state index < -0.39 is 0 Å². The molecule has 61 heavy (non-hydrogen) atoms. The number of rotatable bonds is 4. The van der Waals surface area contributed by atoms with Crippen LogP contribution in [0.3, 0.4) is 0 Å². The lowest BCUT2D eigenvalue weighted by molar-refractivity contribution is 0.670. The van der Waals surface area contributed by atoms with Crippen molar-refractivity contribution >= 4 is 76.3 Å². The maximum atomic E-state index is 6.46. The molecule has 3 nitrogen and oxygen atoms in total. The number of furan rings is 1. The number of aromatic nitrogens is 2. The topological polar surface area (TPSA) is 23.0 Å². The predicted molar refractivity (Wildman–Crippen MR) is 255 cm³/mol. The van der Waals surface area contributed by atoms with Crippen molar-refractivity contribution in [3.63, 3.8) is 0 Å². The third kappa shape index (κ3) is 4.52. The zero-order valence-corrected chi connectivity index (χ0v) is 32.9. The number of hydrogen-bond donors (Lipinski definition) is 0. The van der Waals surface area contributed by atoms with E-state index in [-0.39, 0.29) is 0 Å². The maximum Gasteiger partial charge on any atom is 0.143 e. The summed E-state index contributed by atoms with van der Waals surface area (Å²) in [6.45, 7) is 0. The molecule has 0 amide bonds. The summed E-state index contributed by atoms with van der Waals surface area (Å²) < 4.78 is 11.3. The highest BCUT2D eigenvalue weighted by Gasteiger charge is 2.24. The summed E-state index contributed by atoms with van der Waals surface area (Å²) in [5.41, 5.74) is 18.8. The smallest absolute Gasteiger partial charge is 0.143 e. The molecule has 0 saturated heterocycles. The van der Waals surface area contributed by atoms with E-state index in [2.05, 4.69) is 209 Å². The van der Waals surface area contributed by atoms with Crippen LogP contribution >= 0.6 is 0 Å². The highest BCUT2D eigenvalue weighted by molar-refractivity contribution is 6.20. The molecule has 282 valence electrons. The van der Waals surface area contributed by atoms with E-state index in [1.807, 2.05) is 6.07 Å². The first-order valence-electron chi connectivity index (χ1n) is 21.0. The molecule has 3 heterocycles. The van der Waals surface area contributed by atoms with E-state index in [4.69, 9.17) is 4.42 Å². The molecule has 0 N–H and O–H groups in total. The van der Waals surface area contributed by atoms with Crippen LogP contribution in [0, 0.1) is 0 Å². The summed E-state index contributed by atoms with van der Waals surface area (Å²) >= 11 is 0. The van der Waals surface area contributed by atoms with Crippen LogP contribution in [0.5, 0.6) is 0 Å². The lowest BCUT2D eigenvalue weighted by Crippen LogP contribution is -1.96. The van der Waals surface area contributed by atoms with Crippen molar-refractivity contribution in [3.05, 3.63) is 206 Å². The van der Waals surface area contributed by atoms with Crippen molar-refractivity contribution in [2.24, 2.45) is 0 Å². The lowest BCUT2D eigenvalue weighted by atomic mass is 9.94. The molecule has 1 aliphatic carbocycles. The maximum absolute atomic E-state index is 6.46. The van der Waals surface area contributed by atoms with E-state index >= 15 is 0 Å². The number of nitrogens with zero attached hydrogens (tertiary/aromatic N) is 2. The van der Waals surface area contributed by atoms with Gasteiger partial charge in [0.15, 0.2) is 0 Å². The summed E-state index contributed by atoms with van der Waals surface area (Å²) in [7, 11) is 0. The minimum Gasteiger partial charge on any atom is -0.455 e. The van der Waals surface area contributed by atoms with E-state index in [9.17, 15) is 0 Å². The van der Waals surface area contributed by atoms with Crippen molar-refractivity contribution in [2.75, 3.05) is 0 Å². The first kappa shape index (κ1) is 32.8. The second kappa shape index (κ2) is 12.2. The quantitative estimate of drug-likeness (QED) is 0.175. The van der Waals surface area contributed by atoms with Gasteiger partial charge in [-0.05, 0) is 110 Å². The highest BCUT2D eigenvalue weighted by Crippen LogP contribution is 2.51. The van der Waals surface area contributed by atoms with Crippen LogP contribution in [0.4, 0.5) is 0 Å². The molecule has 3 aromatic heterocycles. The van der Waals surface area contributed by atoms with Crippen molar-refractivity contribution < 1.29 is 4.42 Å². The molecular weight excluding hydrogens is 741 g/mol. The molecule has 1 aliphatic rings. The Morgan fingerprint density at radius 2 is 0.803 bits per heavy atom. The molecule has 0 fully saturated rings. The van der Waals surface area contributed by atoms with Gasteiger partial charge >= 0.3 is 0 Å². The summed E-state index contributed by atoms with van der Waals surface area (Å²) in [4.78, 5) is 0.